The smallest absolute Gasteiger partial charge is 0.212 e. The summed E-state index contributed by atoms with van der Waals surface area (Å²) >= 11 is 7.74. The summed E-state index contributed by atoms with van der Waals surface area (Å²) in [5, 5.41) is 6.64. The molecule has 2 heterocycles. The van der Waals surface area contributed by atoms with Crippen molar-refractivity contribution in [2.24, 2.45) is 0 Å². The molecule has 3 aromatic rings. The van der Waals surface area contributed by atoms with Crippen LogP contribution in [-0.4, -0.2) is 24.1 Å². The van der Waals surface area contributed by atoms with Crippen LogP contribution in [0.3, 0.4) is 0 Å². The van der Waals surface area contributed by atoms with Gasteiger partial charge in [-0.3, -0.25) is 0 Å². The average Bonchev–Trinajstić information content (AvgIpc) is 3.04. The zero-order chi connectivity index (χ0) is 15.5. The molecule has 0 amide bonds. The molecule has 3 rings (SSSR count). The van der Waals surface area contributed by atoms with E-state index < -0.39 is 0 Å². The molecule has 0 aliphatic rings. The Morgan fingerprint density at radius 3 is 2.68 bits per heavy atom. The molecule has 0 bridgehead atoms. The Morgan fingerprint density at radius 1 is 1.18 bits per heavy atom. The monoisotopic (exact) mass is 331 g/mol. The highest BCUT2D eigenvalue weighted by Gasteiger charge is 2.12. The molecular formula is C16H14ClN3OS. The van der Waals surface area contributed by atoms with Crippen molar-refractivity contribution in [3.8, 4) is 28.3 Å². The number of hydrogen-bond acceptors (Lipinski definition) is 5. The highest BCUT2D eigenvalue weighted by Crippen LogP contribution is 2.35. The molecule has 1 aromatic carbocycles. The number of hydrogen-bond donors (Lipinski definition) is 1. The van der Waals surface area contributed by atoms with Crippen molar-refractivity contribution < 1.29 is 4.74 Å². The maximum Gasteiger partial charge on any atom is 0.212 e. The molecular weight excluding hydrogens is 318 g/mol. The lowest BCUT2D eigenvalue weighted by Crippen LogP contribution is -1.90. The van der Waals surface area contributed by atoms with Crippen LogP contribution in [0.15, 0.2) is 41.9 Å². The van der Waals surface area contributed by atoms with E-state index in [2.05, 4.69) is 15.3 Å². The third kappa shape index (κ3) is 2.91. The lowest BCUT2D eigenvalue weighted by Gasteiger charge is -2.09. The Balaban J connectivity index is 2.10. The number of halogens is 1. The summed E-state index contributed by atoms with van der Waals surface area (Å²) < 4.78 is 5.11. The average molecular weight is 332 g/mol. The fraction of sp³-hybridized carbons (Fsp3) is 0.125. The summed E-state index contributed by atoms with van der Waals surface area (Å²) in [6.07, 6.45) is 1.78. The van der Waals surface area contributed by atoms with Gasteiger partial charge in [0.05, 0.1) is 12.8 Å². The molecule has 112 valence electrons. The van der Waals surface area contributed by atoms with E-state index in [4.69, 9.17) is 16.3 Å². The standard InChI is InChI=1S/C16H14ClN3OS/c1-18-16-20-14(9-22-16)12-5-4-11(17)7-13(12)10-3-6-15(21-2)19-8-10/h3-9H,1-2H3,(H,18,20). The predicted octanol–water partition coefficient (Wildman–Crippen LogP) is 4.58. The first-order valence-corrected chi connectivity index (χ1v) is 7.90. The highest BCUT2D eigenvalue weighted by atomic mass is 35.5. The molecule has 1 N–H and O–H groups in total. The molecule has 6 heteroatoms. The van der Waals surface area contributed by atoms with Crippen molar-refractivity contribution in [2.75, 3.05) is 19.5 Å². The SMILES string of the molecule is CNc1nc(-c2ccc(Cl)cc2-c2ccc(OC)nc2)cs1. The van der Waals surface area contributed by atoms with Crippen LogP contribution in [-0.2, 0) is 0 Å². The maximum atomic E-state index is 6.17. The van der Waals surface area contributed by atoms with Gasteiger partial charge >= 0.3 is 0 Å². The van der Waals surface area contributed by atoms with Crippen molar-refractivity contribution in [1.82, 2.24) is 9.97 Å². The Hall–Kier alpha value is -2.11. The molecule has 0 aliphatic heterocycles. The van der Waals surface area contributed by atoms with Crippen LogP contribution in [0.1, 0.15) is 0 Å². The van der Waals surface area contributed by atoms with Crippen molar-refractivity contribution in [3.05, 3.63) is 46.9 Å². The first-order chi connectivity index (χ1) is 10.7. The minimum atomic E-state index is 0.582. The van der Waals surface area contributed by atoms with E-state index in [-0.39, 0.29) is 0 Å². The highest BCUT2D eigenvalue weighted by molar-refractivity contribution is 7.14. The lowest BCUT2D eigenvalue weighted by molar-refractivity contribution is 0.398. The van der Waals surface area contributed by atoms with Gasteiger partial charge in [-0.25, -0.2) is 9.97 Å². The molecule has 0 fully saturated rings. The number of aromatic nitrogens is 2. The molecule has 0 unspecified atom stereocenters. The number of nitrogens with one attached hydrogen (secondary N) is 1. The number of ether oxygens (including phenoxy) is 1. The molecule has 0 saturated heterocycles. The maximum absolute atomic E-state index is 6.17. The van der Waals surface area contributed by atoms with Crippen LogP contribution in [0.2, 0.25) is 5.02 Å². The second-order valence-electron chi connectivity index (χ2n) is 4.57. The Labute approximate surface area is 137 Å². The number of anilines is 1. The van der Waals surface area contributed by atoms with Gasteiger partial charge in [0.25, 0.3) is 0 Å². The van der Waals surface area contributed by atoms with Gasteiger partial charge < -0.3 is 10.1 Å². The lowest BCUT2D eigenvalue weighted by atomic mass is 9.99. The number of methoxy groups -OCH3 is 1. The van der Waals surface area contributed by atoms with E-state index in [1.165, 1.54) is 0 Å². The van der Waals surface area contributed by atoms with Crippen LogP contribution in [0, 0.1) is 0 Å². The summed E-state index contributed by atoms with van der Waals surface area (Å²) in [5.41, 5.74) is 3.90. The molecule has 0 spiro atoms. The quantitative estimate of drug-likeness (QED) is 0.760. The van der Waals surface area contributed by atoms with Crippen LogP contribution >= 0.6 is 22.9 Å². The number of benzene rings is 1. The zero-order valence-electron chi connectivity index (χ0n) is 12.1. The summed E-state index contributed by atoms with van der Waals surface area (Å²) in [4.78, 5) is 8.83. The first kappa shape index (κ1) is 14.8. The second-order valence-corrected chi connectivity index (χ2v) is 5.86. The molecule has 22 heavy (non-hydrogen) atoms. The number of rotatable bonds is 4. The summed E-state index contributed by atoms with van der Waals surface area (Å²) in [6.45, 7) is 0. The van der Waals surface area contributed by atoms with Gasteiger partial charge in [0.1, 0.15) is 0 Å². The molecule has 0 saturated carbocycles. The van der Waals surface area contributed by atoms with Gasteiger partial charge in [-0.15, -0.1) is 11.3 Å². The summed E-state index contributed by atoms with van der Waals surface area (Å²) in [7, 11) is 3.46. The minimum Gasteiger partial charge on any atom is -0.481 e. The van der Waals surface area contributed by atoms with Gasteiger partial charge in [0.15, 0.2) is 5.13 Å². The van der Waals surface area contributed by atoms with E-state index in [1.54, 1.807) is 24.6 Å². The fourth-order valence-electron chi connectivity index (χ4n) is 2.15. The van der Waals surface area contributed by atoms with Crippen LogP contribution in [0.4, 0.5) is 5.13 Å². The second kappa shape index (κ2) is 6.34. The van der Waals surface area contributed by atoms with Crippen LogP contribution < -0.4 is 10.1 Å². The summed E-state index contributed by atoms with van der Waals surface area (Å²) in [5.74, 6) is 0.582. The summed E-state index contributed by atoms with van der Waals surface area (Å²) in [6, 6.07) is 9.58. The normalized spacial score (nSPS) is 10.5. The van der Waals surface area contributed by atoms with E-state index in [9.17, 15) is 0 Å². The van der Waals surface area contributed by atoms with Crippen molar-refractivity contribution >= 4 is 28.1 Å². The van der Waals surface area contributed by atoms with Gasteiger partial charge in [-0.05, 0) is 23.8 Å². The molecule has 0 aliphatic carbocycles. The van der Waals surface area contributed by atoms with Gasteiger partial charge in [-0.2, -0.15) is 0 Å². The molecule has 4 nitrogen and oxygen atoms in total. The van der Waals surface area contributed by atoms with E-state index in [0.717, 1.165) is 27.5 Å². The third-order valence-corrected chi connectivity index (χ3v) is 4.33. The van der Waals surface area contributed by atoms with E-state index in [1.807, 2.05) is 42.8 Å². The van der Waals surface area contributed by atoms with E-state index >= 15 is 0 Å². The zero-order valence-corrected chi connectivity index (χ0v) is 13.7. The van der Waals surface area contributed by atoms with E-state index in [0.29, 0.717) is 10.9 Å². The molecule has 2 aromatic heterocycles. The number of nitrogens with zero attached hydrogens (tertiary/aromatic N) is 2. The van der Waals surface area contributed by atoms with Crippen molar-refractivity contribution in [2.45, 2.75) is 0 Å². The predicted molar refractivity (Wildman–Crippen MR) is 91.9 cm³/mol. The minimum absolute atomic E-state index is 0.582. The van der Waals surface area contributed by atoms with Crippen molar-refractivity contribution in [1.29, 1.82) is 0 Å². The third-order valence-electron chi connectivity index (χ3n) is 3.23. The Kier molecular flexibility index (Phi) is 4.27. The van der Waals surface area contributed by atoms with Gasteiger partial charge in [-0.1, -0.05) is 17.7 Å². The number of pyridine rings is 1. The molecule has 0 atom stereocenters. The van der Waals surface area contributed by atoms with Gasteiger partial charge in [0, 0.05) is 40.8 Å². The topological polar surface area (TPSA) is 47.0 Å². The largest absolute Gasteiger partial charge is 0.481 e. The van der Waals surface area contributed by atoms with Crippen molar-refractivity contribution in [3.63, 3.8) is 0 Å². The Morgan fingerprint density at radius 2 is 2.05 bits per heavy atom. The number of thiazole rings is 1. The fourth-order valence-corrected chi connectivity index (χ4v) is 3.00. The Bertz CT molecular complexity index is 786. The molecule has 0 radical (unpaired) electrons. The van der Waals surface area contributed by atoms with Crippen LogP contribution in [0.5, 0.6) is 5.88 Å². The van der Waals surface area contributed by atoms with Crippen LogP contribution in [0.25, 0.3) is 22.4 Å². The first-order valence-electron chi connectivity index (χ1n) is 6.65. The van der Waals surface area contributed by atoms with Gasteiger partial charge in [0.2, 0.25) is 5.88 Å².